The Morgan fingerprint density at radius 3 is 2.89 bits per heavy atom. The summed E-state index contributed by atoms with van der Waals surface area (Å²) in [5, 5.41) is 3.30. The Bertz CT molecular complexity index is 584. The molecule has 0 unspecified atom stereocenters. The second kappa shape index (κ2) is 6.16. The van der Waals surface area contributed by atoms with Crippen molar-refractivity contribution >= 4 is 38.3 Å². The molecule has 0 atom stereocenters. The van der Waals surface area contributed by atoms with Gasteiger partial charge in [0.15, 0.2) is 5.13 Å². The van der Waals surface area contributed by atoms with Crippen LogP contribution in [-0.2, 0) is 0 Å². The fourth-order valence-corrected chi connectivity index (χ4v) is 2.57. The Labute approximate surface area is 124 Å². The van der Waals surface area contributed by atoms with Crippen LogP contribution in [0.2, 0.25) is 0 Å². The van der Waals surface area contributed by atoms with E-state index in [0.29, 0.717) is 16.4 Å². The largest absolute Gasteiger partial charge is 0.491 e. The molecule has 19 heavy (non-hydrogen) atoms. The first-order valence-corrected chi connectivity index (χ1v) is 7.35. The minimum atomic E-state index is -0.198. The van der Waals surface area contributed by atoms with Crippen molar-refractivity contribution in [2.45, 2.75) is 20.0 Å². The highest BCUT2D eigenvalue weighted by Gasteiger charge is 2.10. The quantitative estimate of drug-likeness (QED) is 0.916. The van der Waals surface area contributed by atoms with E-state index in [9.17, 15) is 4.79 Å². The first kappa shape index (κ1) is 14.0. The standard InChI is InChI=1S/C13H13BrN2O2S/c1-8(2)18-10-5-3-4-9(6-10)12(17)16-13-15-7-11(14)19-13/h3-8H,1-2H3,(H,15,16,17). The topological polar surface area (TPSA) is 51.2 Å². The smallest absolute Gasteiger partial charge is 0.257 e. The van der Waals surface area contributed by atoms with Gasteiger partial charge in [0.1, 0.15) is 5.75 Å². The van der Waals surface area contributed by atoms with Gasteiger partial charge in [0.25, 0.3) is 5.91 Å². The Balaban J connectivity index is 2.10. The highest BCUT2D eigenvalue weighted by molar-refractivity contribution is 9.11. The van der Waals surface area contributed by atoms with Crippen molar-refractivity contribution in [2.75, 3.05) is 5.32 Å². The summed E-state index contributed by atoms with van der Waals surface area (Å²) >= 11 is 4.67. The normalized spacial score (nSPS) is 10.5. The van der Waals surface area contributed by atoms with Crippen LogP contribution >= 0.6 is 27.3 Å². The number of hydrogen-bond donors (Lipinski definition) is 1. The van der Waals surface area contributed by atoms with Crippen molar-refractivity contribution in [3.63, 3.8) is 0 Å². The summed E-state index contributed by atoms with van der Waals surface area (Å²) in [5.74, 6) is 0.485. The monoisotopic (exact) mass is 340 g/mol. The van der Waals surface area contributed by atoms with Crippen LogP contribution in [0.15, 0.2) is 34.2 Å². The van der Waals surface area contributed by atoms with Crippen LogP contribution in [0.5, 0.6) is 5.75 Å². The first-order chi connectivity index (χ1) is 9.04. The van der Waals surface area contributed by atoms with E-state index in [0.717, 1.165) is 3.79 Å². The number of rotatable bonds is 4. The molecular weight excluding hydrogens is 328 g/mol. The van der Waals surface area contributed by atoms with Crippen LogP contribution in [0.3, 0.4) is 0 Å². The number of hydrogen-bond acceptors (Lipinski definition) is 4. The van der Waals surface area contributed by atoms with Crippen molar-refractivity contribution in [1.29, 1.82) is 0 Å². The second-order valence-corrected chi connectivity index (χ2v) is 6.53. The van der Waals surface area contributed by atoms with Gasteiger partial charge in [-0.25, -0.2) is 4.98 Å². The third kappa shape index (κ3) is 4.04. The molecule has 2 rings (SSSR count). The van der Waals surface area contributed by atoms with Gasteiger partial charge >= 0.3 is 0 Å². The van der Waals surface area contributed by atoms with Crippen molar-refractivity contribution in [3.05, 3.63) is 39.8 Å². The maximum absolute atomic E-state index is 12.0. The molecule has 0 aliphatic heterocycles. The predicted octanol–water partition coefficient (Wildman–Crippen LogP) is 3.95. The SMILES string of the molecule is CC(C)Oc1cccc(C(=O)Nc2ncc(Br)s2)c1. The molecule has 4 nitrogen and oxygen atoms in total. The average molecular weight is 341 g/mol. The van der Waals surface area contributed by atoms with E-state index in [1.54, 1.807) is 24.4 Å². The Morgan fingerprint density at radius 1 is 1.47 bits per heavy atom. The van der Waals surface area contributed by atoms with Gasteiger partial charge in [0.2, 0.25) is 0 Å². The number of ether oxygens (including phenoxy) is 1. The number of carbonyl (C=O) groups is 1. The molecule has 6 heteroatoms. The molecule has 0 spiro atoms. The lowest BCUT2D eigenvalue weighted by Crippen LogP contribution is -2.12. The lowest BCUT2D eigenvalue weighted by Gasteiger charge is -2.10. The summed E-state index contributed by atoms with van der Waals surface area (Å²) in [5.41, 5.74) is 0.546. The fourth-order valence-electron chi connectivity index (χ4n) is 1.46. The molecule has 1 aromatic heterocycles. The van der Waals surface area contributed by atoms with Crippen LogP contribution in [0.25, 0.3) is 0 Å². The third-order valence-corrected chi connectivity index (χ3v) is 3.56. The number of nitrogens with one attached hydrogen (secondary N) is 1. The lowest BCUT2D eigenvalue weighted by molar-refractivity contribution is 0.102. The maximum Gasteiger partial charge on any atom is 0.257 e. The van der Waals surface area contributed by atoms with Crippen molar-refractivity contribution in [2.24, 2.45) is 0 Å². The molecular formula is C13H13BrN2O2S. The Hall–Kier alpha value is -1.40. The molecule has 0 aliphatic rings. The second-order valence-electron chi connectivity index (χ2n) is 4.12. The molecule has 0 aliphatic carbocycles. The van der Waals surface area contributed by atoms with Gasteiger partial charge in [-0.15, -0.1) is 0 Å². The molecule has 1 heterocycles. The fraction of sp³-hybridized carbons (Fsp3) is 0.231. The molecule has 1 amide bonds. The number of amides is 1. The number of anilines is 1. The highest BCUT2D eigenvalue weighted by atomic mass is 79.9. The van der Waals surface area contributed by atoms with E-state index < -0.39 is 0 Å². The number of halogens is 1. The minimum absolute atomic E-state index is 0.0771. The summed E-state index contributed by atoms with van der Waals surface area (Å²) in [6.07, 6.45) is 1.73. The van der Waals surface area contributed by atoms with Crippen LogP contribution in [0.1, 0.15) is 24.2 Å². The van der Waals surface area contributed by atoms with Gasteiger partial charge in [-0.1, -0.05) is 17.4 Å². The summed E-state index contributed by atoms with van der Waals surface area (Å²) in [7, 11) is 0. The van der Waals surface area contributed by atoms with E-state index in [1.807, 2.05) is 19.9 Å². The zero-order valence-corrected chi connectivity index (χ0v) is 12.9. The van der Waals surface area contributed by atoms with E-state index >= 15 is 0 Å². The molecule has 2 aromatic rings. The van der Waals surface area contributed by atoms with E-state index in [2.05, 4.69) is 26.2 Å². The van der Waals surface area contributed by atoms with Gasteiger partial charge in [0.05, 0.1) is 16.1 Å². The first-order valence-electron chi connectivity index (χ1n) is 5.74. The maximum atomic E-state index is 12.0. The van der Waals surface area contributed by atoms with Gasteiger partial charge in [-0.3, -0.25) is 10.1 Å². The zero-order chi connectivity index (χ0) is 13.8. The van der Waals surface area contributed by atoms with Crippen molar-refractivity contribution < 1.29 is 9.53 Å². The molecule has 1 N–H and O–H groups in total. The Kier molecular flexibility index (Phi) is 4.55. The number of thiazole rings is 1. The van der Waals surface area contributed by atoms with Gasteiger partial charge in [-0.05, 0) is 48.0 Å². The van der Waals surface area contributed by atoms with Crippen LogP contribution < -0.4 is 10.1 Å². The van der Waals surface area contributed by atoms with Crippen molar-refractivity contribution in [1.82, 2.24) is 4.98 Å². The zero-order valence-electron chi connectivity index (χ0n) is 10.5. The van der Waals surface area contributed by atoms with E-state index in [-0.39, 0.29) is 12.0 Å². The van der Waals surface area contributed by atoms with Gasteiger partial charge < -0.3 is 4.74 Å². The number of benzene rings is 1. The van der Waals surface area contributed by atoms with E-state index in [4.69, 9.17) is 4.74 Å². The summed E-state index contributed by atoms with van der Waals surface area (Å²) in [6, 6.07) is 7.09. The predicted molar refractivity (Wildman–Crippen MR) is 80.0 cm³/mol. The summed E-state index contributed by atoms with van der Waals surface area (Å²) in [6.45, 7) is 3.89. The number of aromatic nitrogens is 1. The van der Waals surface area contributed by atoms with Gasteiger partial charge in [-0.2, -0.15) is 0 Å². The molecule has 0 fully saturated rings. The third-order valence-electron chi connectivity index (χ3n) is 2.17. The summed E-state index contributed by atoms with van der Waals surface area (Å²) in [4.78, 5) is 16.1. The van der Waals surface area contributed by atoms with E-state index in [1.165, 1.54) is 11.3 Å². The Morgan fingerprint density at radius 2 is 2.26 bits per heavy atom. The summed E-state index contributed by atoms with van der Waals surface area (Å²) < 4.78 is 6.43. The molecule has 100 valence electrons. The van der Waals surface area contributed by atoms with Crippen LogP contribution in [0, 0.1) is 0 Å². The molecule has 0 bridgehead atoms. The van der Waals surface area contributed by atoms with Crippen LogP contribution in [-0.4, -0.2) is 17.0 Å². The van der Waals surface area contributed by atoms with Crippen LogP contribution in [0.4, 0.5) is 5.13 Å². The minimum Gasteiger partial charge on any atom is -0.491 e. The molecule has 1 aromatic carbocycles. The van der Waals surface area contributed by atoms with Crippen molar-refractivity contribution in [3.8, 4) is 5.75 Å². The molecule has 0 saturated heterocycles. The number of nitrogens with zero attached hydrogens (tertiary/aromatic N) is 1. The molecule has 0 radical (unpaired) electrons. The van der Waals surface area contributed by atoms with Gasteiger partial charge in [0, 0.05) is 5.56 Å². The number of carbonyl (C=O) groups excluding carboxylic acids is 1. The average Bonchev–Trinajstić information content (AvgIpc) is 2.74. The lowest BCUT2D eigenvalue weighted by atomic mass is 10.2. The highest BCUT2D eigenvalue weighted by Crippen LogP contribution is 2.24. The molecule has 0 saturated carbocycles.